The number of aromatic nitrogens is 3. The van der Waals surface area contributed by atoms with Crippen LogP contribution >= 0.6 is 23.4 Å². The molecule has 0 aliphatic carbocycles. The highest BCUT2D eigenvalue weighted by molar-refractivity contribution is 8.00. The maximum absolute atomic E-state index is 13.4. The molecule has 1 aliphatic heterocycles. The molecule has 0 spiro atoms. The first kappa shape index (κ1) is 20.6. The lowest BCUT2D eigenvalue weighted by Gasteiger charge is -2.33. The molecule has 6 nitrogen and oxygen atoms in total. The summed E-state index contributed by atoms with van der Waals surface area (Å²) < 4.78 is 1.87. The normalized spacial score (nSPS) is 17.3. The van der Waals surface area contributed by atoms with Crippen LogP contribution in [0.4, 0.5) is 5.69 Å². The maximum Gasteiger partial charge on any atom is 0.240 e. The average molecular weight is 462 g/mol. The quantitative estimate of drug-likeness (QED) is 0.431. The number of carbonyl (C=O) groups is 1. The summed E-state index contributed by atoms with van der Waals surface area (Å²) in [7, 11) is 0. The first-order valence-electron chi connectivity index (χ1n) is 10.2. The Balaban J connectivity index is 1.51. The first-order valence-corrected chi connectivity index (χ1v) is 11.4. The molecule has 2 atom stereocenters. The van der Waals surface area contributed by atoms with E-state index in [1.165, 1.54) is 11.8 Å². The van der Waals surface area contributed by atoms with Gasteiger partial charge in [0.05, 0.1) is 6.04 Å². The molecule has 1 aromatic heterocycles. The third kappa shape index (κ3) is 3.85. The minimum absolute atomic E-state index is 0.128. The highest BCUT2D eigenvalue weighted by Crippen LogP contribution is 2.39. The van der Waals surface area contributed by atoms with Gasteiger partial charge in [-0.15, -0.1) is 10.2 Å². The molecule has 3 aromatic carbocycles. The van der Waals surface area contributed by atoms with Gasteiger partial charge in [0.25, 0.3) is 0 Å². The van der Waals surface area contributed by atoms with Crippen molar-refractivity contribution in [3.8, 4) is 11.4 Å². The van der Waals surface area contributed by atoms with Crippen molar-refractivity contribution in [2.24, 2.45) is 0 Å². The Bertz CT molecular complexity index is 1260. The fourth-order valence-corrected chi connectivity index (χ4v) is 4.94. The SMILES string of the molecule is Cc1c(Cl)cccc1NC(=O)[C@@H]1Sc2nnc(-c3ccccc3)n2N[C@@H]1c1ccccc1. The van der Waals surface area contributed by atoms with Gasteiger partial charge in [0.1, 0.15) is 5.25 Å². The predicted molar refractivity (Wildman–Crippen MR) is 128 cm³/mol. The molecule has 0 saturated heterocycles. The van der Waals surface area contributed by atoms with Crippen LogP contribution in [0, 0.1) is 6.92 Å². The third-order valence-corrected chi connectivity index (χ3v) is 7.04. The maximum atomic E-state index is 13.4. The van der Waals surface area contributed by atoms with Crippen molar-refractivity contribution in [1.29, 1.82) is 0 Å². The van der Waals surface area contributed by atoms with E-state index in [1.807, 2.05) is 90.5 Å². The summed E-state index contributed by atoms with van der Waals surface area (Å²) in [6, 6.07) is 25.0. The second-order valence-electron chi connectivity index (χ2n) is 7.47. The van der Waals surface area contributed by atoms with Gasteiger partial charge in [0, 0.05) is 16.3 Å². The lowest BCUT2D eigenvalue weighted by Crippen LogP contribution is -2.41. The van der Waals surface area contributed by atoms with Gasteiger partial charge in [-0.25, -0.2) is 4.68 Å². The van der Waals surface area contributed by atoms with Crippen LogP contribution in [0.15, 0.2) is 84.0 Å². The molecule has 160 valence electrons. The highest BCUT2D eigenvalue weighted by atomic mass is 35.5. The smallest absolute Gasteiger partial charge is 0.240 e. The average Bonchev–Trinajstić information content (AvgIpc) is 3.25. The Morgan fingerprint density at radius 3 is 2.47 bits per heavy atom. The molecule has 2 N–H and O–H groups in total. The molecule has 2 heterocycles. The second-order valence-corrected chi connectivity index (χ2v) is 8.98. The van der Waals surface area contributed by atoms with Gasteiger partial charge in [-0.2, -0.15) is 0 Å². The Hall–Kier alpha value is -3.29. The van der Waals surface area contributed by atoms with Crippen LogP contribution in [0.2, 0.25) is 5.02 Å². The fourth-order valence-electron chi connectivity index (χ4n) is 3.69. The molecule has 32 heavy (non-hydrogen) atoms. The number of carbonyl (C=O) groups excluding carboxylic acids is 1. The number of fused-ring (bicyclic) bond motifs is 1. The lowest BCUT2D eigenvalue weighted by atomic mass is 10.0. The van der Waals surface area contributed by atoms with Crippen molar-refractivity contribution >= 4 is 35.0 Å². The van der Waals surface area contributed by atoms with Gasteiger partial charge in [-0.05, 0) is 30.2 Å². The Morgan fingerprint density at radius 1 is 1.00 bits per heavy atom. The largest absolute Gasteiger partial charge is 0.325 e. The molecule has 1 aliphatic rings. The molecular weight excluding hydrogens is 442 g/mol. The summed E-state index contributed by atoms with van der Waals surface area (Å²) in [5, 5.41) is 12.6. The number of benzene rings is 3. The lowest BCUT2D eigenvalue weighted by molar-refractivity contribution is -0.116. The van der Waals surface area contributed by atoms with Crippen molar-refractivity contribution in [3.63, 3.8) is 0 Å². The molecular formula is C24H20ClN5OS. The summed E-state index contributed by atoms with van der Waals surface area (Å²) in [5.74, 6) is 0.579. The van der Waals surface area contributed by atoms with Crippen LogP contribution in [-0.4, -0.2) is 26.0 Å². The minimum atomic E-state index is -0.462. The van der Waals surface area contributed by atoms with E-state index in [9.17, 15) is 4.79 Å². The van der Waals surface area contributed by atoms with Crippen LogP contribution in [0.25, 0.3) is 11.4 Å². The Labute approximate surface area is 195 Å². The van der Waals surface area contributed by atoms with Crippen LogP contribution in [0.5, 0.6) is 0 Å². The molecule has 8 heteroatoms. The topological polar surface area (TPSA) is 71.8 Å². The van der Waals surface area contributed by atoms with E-state index >= 15 is 0 Å². The van der Waals surface area contributed by atoms with Crippen LogP contribution in [-0.2, 0) is 4.79 Å². The third-order valence-electron chi connectivity index (χ3n) is 5.41. The van der Waals surface area contributed by atoms with Gasteiger partial charge < -0.3 is 10.7 Å². The molecule has 0 bridgehead atoms. The van der Waals surface area contributed by atoms with E-state index < -0.39 is 5.25 Å². The molecule has 4 aromatic rings. The Kier molecular flexibility index (Phi) is 5.59. The second kappa shape index (κ2) is 8.68. The van der Waals surface area contributed by atoms with E-state index in [-0.39, 0.29) is 11.9 Å². The van der Waals surface area contributed by atoms with Crippen molar-refractivity contribution < 1.29 is 4.79 Å². The number of nitrogens with zero attached hydrogens (tertiary/aromatic N) is 3. The van der Waals surface area contributed by atoms with Crippen molar-refractivity contribution in [3.05, 3.63) is 95.0 Å². The van der Waals surface area contributed by atoms with E-state index in [4.69, 9.17) is 11.6 Å². The number of amides is 1. The van der Waals surface area contributed by atoms with Crippen LogP contribution in [0.3, 0.4) is 0 Å². The van der Waals surface area contributed by atoms with Gasteiger partial charge in [0.15, 0.2) is 5.82 Å². The van der Waals surface area contributed by atoms with Crippen LogP contribution < -0.4 is 10.7 Å². The minimum Gasteiger partial charge on any atom is -0.325 e. The summed E-state index contributed by atoms with van der Waals surface area (Å²) in [6.45, 7) is 1.89. The zero-order valence-electron chi connectivity index (χ0n) is 17.2. The zero-order chi connectivity index (χ0) is 22.1. The highest BCUT2D eigenvalue weighted by Gasteiger charge is 2.38. The number of nitrogens with one attached hydrogen (secondary N) is 2. The summed E-state index contributed by atoms with van der Waals surface area (Å²) >= 11 is 7.64. The Morgan fingerprint density at radius 2 is 1.72 bits per heavy atom. The molecule has 5 rings (SSSR count). The summed E-state index contributed by atoms with van der Waals surface area (Å²) in [4.78, 5) is 13.4. The number of thioether (sulfide) groups is 1. The molecule has 0 radical (unpaired) electrons. The summed E-state index contributed by atoms with van der Waals surface area (Å²) in [5.41, 5.74) is 6.97. The van der Waals surface area contributed by atoms with Crippen molar-refractivity contribution in [2.45, 2.75) is 23.4 Å². The number of hydrogen-bond donors (Lipinski definition) is 2. The molecule has 0 unspecified atom stereocenters. The standard InChI is InChI=1S/C24H20ClN5OS/c1-15-18(25)13-8-14-19(15)26-23(31)21-20(16-9-4-2-5-10-16)29-30-22(27-28-24(30)32-21)17-11-6-3-7-12-17/h2-14,20-21,29H,1H3,(H,26,31)/t20-,21-/m1/s1. The monoisotopic (exact) mass is 461 g/mol. The number of hydrogen-bond acceptors (Lipinski definition) is 5. The molecule has 0 fully saturated rings. The van der Waals surface area contributed by atoms with E-state index in [0.29, 0.717) is 21.7 Å². The number of halogens is 1. The first-order chi connectivity index (χ1) is 15.6. The van der Waals surface area contributed by atoms with Crippen LogP contribution in [0.1, 0.15) is 17.2 Å². The van der Waals surface area contributed by atoms with E-state index in [0.717, 1.165) is 16.7 Å². The zero-order valence-corrected chi connectivity index (χ0v) is 18.8. The van der Waals surface area contributed by atoms with E-state index in [1.54, 1.807) is 0 Å². The van der Waals surface area contributed by atoms with E-state index in [2.05, 4.69) is 20.9 Å². The predicted octanol–water partition coefficient (Wildman–Crippen LogP) is 5.30. The van der Waals surface area contributed by atoms with Crippen molar-refractivity contribution in [2.75, 3.05) is 10.7 Å². The molecule has 1 amide bonds. The van der Waals surface area contributed by atoms with Gasteiger partial charge in [-0.3, -0.25) is 4.79 Å². The van der Waals surface area contributed by atoms with Crippen molar-refractivity contribution in [1.82, 2.24) is 14.9 Å². The fraction of sp³-hybridized carbons (Fsp3) is 0.125. The van der Waals surface area contributed by atoms with Gasteiger partial charge in [-0.1, -0.05) is 90.1 Å². The molecule has 0 saturated carbocycles. The van der Waals surface area contributed by atoms with Gasteiger partial charge >= 0.3 is 0 Å². The van der Waals surface area contributed by atoms with Gasteiger partial charge in [0.2, 0.25) is 11.1 Å². The number of rotatable bonds is 4. The number of anilines is 1. The summed E-state index contributed by atoms with van der Waals surface area (Å²) in [6.07, 6.45) is 0.